The second-order valence-electron chi connectivity index (χ2n) is 7.74. The van der Waals surface area contributed by atoms with Crippen LogP contribution in [-0.4, -0.2) is 56.9 Å². The van der Waals surface area contributed by atoms with Gasteiger partial charge in [-0.15, -0.1) is 0 Å². The van der Waals surface area contributed by atoms with E-state index in [1.165, 1.54) is 0 Å². The van der Waals surface area contributed by atoms with Crippen LogP contribution < -0.4 is 15.9 Å². The van der Waals surface area contributed by atoms with E-state index in [0.29, 0.717) is 19.5 Å². The summed E-state index contributed by atoms with van der Waals surface area (Å²) in [5.41, 5.74) is 2.75. The van der Waals surface area contributed by atoms with Crippen molar-refractivity contribution in [3.63, 3.8) is 0 Å². The van der Waals surface area contributed by atoms with Crippen molar-refractivity contribution in [1.82, 2.24) is 9.62 Å². The van der Waals surface area contributed by atoms with Crippen molar-refractivity contribution in [3.05, 3.63) is 65.7 Å². The van der Waals surface area contributed by atoms with Gasteiger partial charge in [0.05, 0.1) is 12.5 Å². The minimum atomic E-state index is -3.53. The Morgan fingerprint density at radius 2 is 1.94 bits per heavy atom. The first kappa shape index (κ1) is 22.8. The number of likely N-dealkylation sites (tertiary alicyclic amines) is 1. The van der Waals surface area contributed by atoms with Gasteiger partial charge in [0.25, 0.3) is 0 Å². The highest BCUT2D eigenvalue weighted by Crippen LogP contribution is 2.21. The average Bonchev–Trinajstić information content (AvgIpc) is 3.21. The number of sulfonamides is 1. The van der Waals surface area contributed by atoms with Gasteiger partial charge in [0.1, 0.15) is 6.04 Å². The maximum atomic E-state index is 13.3. The van der Waals surface area contributed by atoms with E-state index >= 15 is 0 Å². The van der Waals surface area contributed by atoms with Crippen molar-refractivity contribution in [2.75, 3.05) is 24.7 Å². The number of nitrogens with zero attached hydrogens (tertiary/aromatic N) is 2. The van der Waals surface area contributed by atoms with Crippen LogP contribution in [0.4, 0.5) is 5.69 Å². The molecule has 3 rings (SSSR count). The minimum absolute atomic E-state index is 0.00239. The van der Waals surface area contributed by atoms with E-state index in [2.05, 4.69) is 15.1 Å². The molecule has 0 radical (unpaired) electrons. The number of benzene rings is 2. The maximum Gasteiger partial charge on any atom is 0.241 e. The maximum absolute atomic E-state index is 13.3. The zero-order valence-electron chi connectivity index (χ0n) is 17.6. The molecule has 166 valence electrons. The predicted octanol–water partition coefficient (Wildman–Crippen LogP) is 1.54. The number of anilines is 1. The number of nitrogens with one attached hydrogen (secondary N) is 2. The topological polar surface area (TPSA) is 117 Å². The number of hydrazone groups is 1. The molecule has 1 aliphatic heterocycles. The van der Waals surface area contributed by atoms with Crippen LogP contribution in [0.25, 0.3) is 0 Å². The van der Waals surface area contributed by atoms with Crippen LogP contribution in [0.3, 0.4) is 0 Å². The molecule has 1 fully saturated rings. The van der Waals surface area contributed by atoms with Crippen molar-refractivity contribution in [1.29, 1.82) is 0 Å². The van der Waals surface area contributed by atoms with Gasteiger partial charge in [-0.2, -0.15) is 5.10 Å². The molecule has 8 nitrogen and oxygen atoms in total. The van der Waals surface area contributed by atoms with Crippen LogP contribution in [0, 0.1) is 0 Å². The fraction of sp³-hybridized carbons (Fsp3) is 0.364. The smallest absolute Gasteiger partial charge is 0.241 e. The van der Waals surface area contributed by atoms with Gasteiger partial charge >= 0.3 is 0 Å². The number of rotatable bonds is 9. The van der Waals surface area contributed by atoms with Gasteiger partial charge < -0.3 is 16.1 Å². The van der Waals surface area contributed by atoms with Gasteiger partial charge in [-0.1, -0.05) is 42.5 Å². The molecule has 0 bridgehead atoms. The third-order valence-electron chi connectivity index (χ3n) is 5.27. The predicted molar refractivity (Wildman–Crippen MR) is 123 cm³/mol. The second kappa shape index (κ2) is 10.4. The van der Waals surface area contributed by atoms with Crippen molar-refractivity contribution >= 4 is 27.8 Å². The van der Waals surface area contributed by atoms with E-state index in [9.17, 15) is 13.2 Å². The Morgan fingerprint density at radius 3 is 2.58 bits per heavy atom. The van der Waals surface area contributed by atoms with Gasteiger partial charge in [-0.05, 0) is 42.5 Å². The summed E-state index contributed by atoms with van der Waals surface area (Å²) in [6.45, 7) is 1.21. The van der Waals surface area contributed by atoms with Crippen molar-refractivity contribution in [3.8, 4) is 0 Å². The van der Waals surface area contributed by atoms with E-state index in [1.54, 1.807) is 11.1 Å². The molecule has 0 spiro atoms. The van der Waals surface area contributed by atoms with E-state index in [1.807, 2.05) is 54.6 Å². The van der Waals surface area contributed by atoms with Crippen molar-refractivity contribution in [2.24, 2.45) is 10.9 Å². The average molecular weight is 444 g/mol. The Balaban J connectivity index is 1.67. The molecule has 0 saturated carbocycles. The van der Waals surface area contributed by atoms with Crippen LogP contribution in [0.15, 0.2) is 59.7 Å². The Kier molecular flexibility index (Phi) is 7.64. The summed E-state index contributed by atoms with van der Waals surface area (Å²) >= 11 is 0. The molecule has 2 atom stereocenters. The molecule has 1 amide bonds. The van der Waals surface area contributed by atoms with Gasteiger partial charge in [-0.3, -0.25) is 4.79 Å². The minimum Gasteiger partial charge on any atom is -0.383 e. The normalized spacial score (nSPS) is 17.7. The van der Waals surface area contributed by atoms with Gasteiger partial charge in [0.15, 0.2) is 0 Å². The molecule has 2 unspecified atom stereocenters. The van der Waals surface area contributed by atoms with Crippen molar-refractivity contribution in [2.45, 2.75) is 31.3 Å². The Morgan fingerprint density at radius 1 is 1.23 bits per heavy atom. The van der Waals surface area contributed by atoms with E-state index < -0.39 is 16.1 Å². The molecule has 2 aromatic rings. The highest BCUT2D eigenvalue weighted by Gasteiger charge is 2.34. The SMILES string of the molecule is CS(=O)(=O)NC(Cc1ccccc1)C(=O)N1CCCC1CNc1ccc(C=NN)cc1. The number of hydrogen-bond acceptors (Lipinski definition) is 6. The molecule has 1 heterocycles. The first-order valence-corrected chi connectivity index (χ1v) is 12.1. The molecule has 4 N–H and O–H groups in total. The molecule has 1 saturated heterocycles. The Hall–Kier alpha value is -2.91. The molecule has 9 heteroatoms. The van der Waals surface area contributed by atoms with E-state index in [-0.39, 0.29) is 11.9 Å². The fourth-order valence-electron chi connectivity index (χ4n) is 3.83. The Labute approximate surface area is 183 Å². The third kappa shape index (κ3) is 6.80. The highest BCUT2D eigenvalue weighted by atomic mass is 32.2. The number of carbonyl (C=O) groups excluding carboxylic acids is 1. The van der Waals surface area contributed by atoms with Crippen LogP contribution in [0.5, 0.6) is 0 Å². The van der Waals surface area contributed by atoms with Crippen LogP contribution in [-0.2, 0) is 21.2 Å². The van der Waals surface area contributed by atoms with Crippen LogP contribution >= 0.6 is 0 Å². The second-order valence-corrected chi connectivity index (χ2v) is 9.52. The van der Waals surface area contributed by atoms with E-state index in [0.717, 1.165) is 35.9 Å². The first-order valence-electron chi connectivity index (χ1n) is 10.2. The van der Waals surface area contributed by atoms with Gasteiger partial charge in [0, 0.05) is 24.8 Å². The fourth-order valence-corrected chi connectivity index (χ4v) is 4.54. The lowest BCUT2D eigenvalue weighted by atomic mass is 10.1. The summed E-state index contributed by atoms with van der Waals surface area (Å²) in [5, 5.41) is 6.88. The first-order chi connectivity index (χ1) is 14.9. The van der Waals surface area contributed by atoms with Crippen LogP contribution in [0.1, 0.15) is 24.0 Å². The lowest BCUT2D eigenvalue weighted by molar-refractivity contribution is -0.133. The Bertz CT molecular complexity index is 994. The van der Waals surface area contributed by atoms with Gasteiger partial charge in [0.2, 0.25) is 15.9 Å². The standard InChI is InChI=1S/C22H29N5O3S/c1-31(29,30)26-21(14-17-6-3-2-4-7-17)22(28)27-13-5-8-20(27)16-24-19-11-9-18(10-12-19)15-25-23/h2-4,6-7,9-12,15,20-21,24,26H,5,8,13-14,16,23H2,1H3. The summed E-state index contributed by atoms with van der Waals surface area (Å²) in [5.74, 6) is 4.98. The van der Waals surface area contributed by atoms with Gasteiger partial charge in [-0.25, -0.2) is 13.1 Å². The van der Waals surface area contributed by atoms with E-state index in [4.69, 9.17) is 5.84 Å². The van der Waals surface area contributed by atoms with Crippen molar-refractivity contribution < 1.29 is 13.2 Å². The van der Waals surface area contributed by atoms with Crippen LogP contribution in [0.2, 0.25) is 0 Å². The lowest BCUT2D eigenvalue weighted by Crippen LogP contribution is -2.52. The summed E-state index contributed by atoms with van der Waals surface area (Å²) < 4.78 is 26.3. The number of nitrogens with two attached hydrogens (primary N) is 1. The number of amides is 1. The summed E-state index contributed by atoms with van der Waals surface area (Å²) in [7, 11) is -3.53. The molecule has 31 heavy (non-hydrogen) atoms. The number of carbonyl (C=O) groups is 1. The lowest BCUT2D eigenvalue weighted by Gasteiger charge is -2.29. The number of hydrogen-bond donors (Lipinski definition) is 3. The largest absolute Gasteiger partial charge is 0.383 e. The zero-order chi connectivity index (χ0) is 22.3. The third-order valence-corrected chi connectivity index (χ3v) is 5.99. The molecule has 0 aromatic heterocycles. The summed E-state index contributed by atoms with van der Waals surface area (Å²) in [6, 6.07) is 16.3. The molecular formula is C22H29N5O3S. The molecule has 2 aromatic carbocycles. The molecular weight excluding hydrogens is 414 g/mol. The zero-order valence-corrected chi connectivity index (χ0v) is 18.4. The molecule has 1 aliphatic rings. The summed E-state index contributed by atoms with van der Waals surface area (Å²) in [4.78, 5) is 15.1. The summed E-state index contributed by atoms with van der Waals surface area (Å²) in [6.07, 6.45) is 4.73. The molecule has 0 aliphatic carbocycles. The monoisotopic (exact) mass is 443 g/mol. The quantitative estimate of drug-likeness (QED) is 0.309. The highest BCUT2D eigenvalue weighted by molar-refractivity contribution is 7.88.